The molecule has 1 aliphatic rings. The van der Waals surface area contributed by atoms with Crippen LogP contribution >= 0.6 is 0 Å². The summed E-state index contributed by atoms with van der Waals surface area (Å²) in [5, 5.41) is 26.5. The van der Waals surface area contributed by atoms with E-state index in [9.17, 15) is 20.2 Å². The maximum atomic E-state index is 11.2. The Kier molecular flexibility index (Phi) is 6.51. The van der Waals surface area contributed by atoms with E-state index >= 15 is 0 Å². The van der Waals surface area contributed by atoms with Crippen molar-refractivity contribution in [3.8, 4) is 0 Å². The molecule has 0 saturated heterocycles. The van der Waals surface area contributed by atoms with Crippen LogP contribution in [0.4, 0.5) is 17.1 Å². The Morgan fingerprint density at radius 3 is 2.52 bits per heavy atom. The number of nitro benzene ring substituents is 2. The predicted molar refractivity (Wildman–Crippen MR) is 106 cm³/mol. The monoisotopic (exact) mass is 376 g/mol. The van der Waals surface area contributed by atoms with Gasteiger partial charge in [-0.1, -0.05) is 34.1 Å². The van der Waals surface area contributed by atoms with Gasteiger partial charge in [0.25, 0.3) is 5.69 Å². The zero-order valence-corrected chi connectivity index (χ0v) is 16.4. The van der Waals surface area contributed by atoms with Gasteiger partial charge in [0.2, 0.25) is 0 Å². The lowest BCUT2D eigenvalue weighted by Gasteiger charge is -2.39. The van der Waals surface area contributed by atoms with Crippen LogP contribution in [-0.2, 0) is 0 Å². The first-order valence-electron chi connectivity index (χ1n) is 9.41. The van der Waals surface area contributed by atoms with E-state index in [1.54, 1.807) is 0 Å². The number of hydrogen-bond acceptors (Lipinski definition) is 6. The van der Waals surface area contributed by atoms with Crippen LogP contribution in [0, 0.1) is 37.5 Å². The second-order valence-electron chi connectivity index (χ2n) is 8.04. The summed E-state index contributed by atoms with van der Waals surface area (Å²) in [6, 6.07) is 3.53. The minimum Gasteiger partial charge on any atom is -0.272 e. The normalized spacial score (nSPS) is 21.9. The highest BCUT2D eigenvalue weighted by Crippen LogP contribution is 2.42. The number of nitrogens with zero attached hydrogens (tertiary/aromatic N) is 3. The van der Waals surface area contributed by atoms with Crippen molar-refractivity contribution in [3.05, 3.63) is 38.4 Å². The molecule has 0 unspecified atom stereocenters. The summed E-state index contributed by atoms with van der Waals surface area (Å²) in [5.74, 6) is 0.935. The van der Waals surface area contributed by atoms with Gasteiger partial charge in [0.05, 0.1) is 15.9 Å². The molecule has 1 fully saturated rings. The largest absolute Gasteiger partial charge is 0.301 e. The summed E-state index contributed by atoms with van der Waals surface area (Å²) in [4.78, 5) is 20.8. The molecule has 0 bridgehead atoms. The molecule has 1 N–H and O–H groups in total. The minimum atomic E-state index is -0.649. The number of nitrogens with one attached hydrogen (secondary N) is 1. The van der Waals surface area contributed by atoms with Crippen LogP contribution in [0.1, 0.15) is 59.8 Å². The molecule has 0 spiro atoms. The van der Waals surface area contributed by atoms with E-state index in [-0.39, 0.29) is 17.1 Å². The number of rotatable bonds is 7. The van der Waals surface area contributed by atoms with E-state index in [0.717, 1.165) is 31.0 Å². The molecule has 0 aliphatic heterocycles. The zero-order chi connectivity index (χ0) is 20.2. The lowest BCUT2D eigenvalue weighted by Crippen LogP contribution is -2.33. The Morgan fingerprint density at radius 1 is 1.26 bits per heavy atom. The third kappa shape index (κ3) is 5.02. The number of hydrogen-bond donors (Lipinski definition) is 1. The summed E-state index contributed by atoms with van der Waals surface area (Å²) >= 11 is 0. The maximum absolute atomic E-state index is 11.2. The molecule has 0 aromatic heterocycles. The van der Waals surface area contributed by atoms with E-state index in [1.807, 2.05) is 0 Å². The predicted octanol–water partition coefficient (Wildman–Crippen LogP) is 5.53. The van der Waals surface area contributed by atoms with Gasteiger partial charge in [-0.25, -0.2) is 0 Å². The molecule has 1 aliphatic carbocycles. The molecule has 1 aromatic carbocycles. The summed E-state index contributed by atoms with van der Waals surface area (Å²) in [6.07, 6.45) is 5.33. The first kappa shape index (κ1) is 20.8. The van der Waals surface area contributed by atoms with Crippen molar-refractivity contribution >= 4 is 22.8 Å². The average Bonchev–Trinajstić information content (AvgIpc) is 2.60. The van der Waals surface area contributed by atoms with Gasteiger partial charge in [-0.05, 0) is 49.0 Å². The van der Waals surface area contributed by atoms with E-state index in [1.165, 1.54) is 25.0 Å². The van der Waals surface area contributed by atoms with Crippen LogP contribution in [0.3, 0.4) is 0 Å². The number of non-ortho nitro benzene ring substituents is 1. The van der Waals surface area contributed by atoms with Crippen molar-refractivity contribution in [2.45, 2.75) is 59.8 Å². The highest BCUT2D eigenvalue weighted by molar-refractivity contribution is 5.88. The summed E-state index contributed by atoms with van der Waals surface area (Å²) in [5.41, 5.74) is 3.56. The first-order valence-corrected chi connectivity index (χ1v) is 9.41. The third-order valence-electron chi connectivity index (χ3n) is 5.66. The van der Waals surface area contributed by atoms with Crippen LogP contribution in [0.25, 0.3) is 0 Å². The van der Waals surface area contributed by atoms with Gasteiger partial charge in [0.15, 0.2) is 0 Å². The van der Waals surface area contributed by atoms with Crippen LogP contribution in [-0.4, -0.2) is 15.6 Å². The molecule has 2 rings (SSSR count). The van der Waals surface area contributed by atoms with Crippen molar-refractivity contribution in [3.63, 3.8) is 0 Å². The van der Waals surface area contributed by atoms with E-state index in [2.05, 4.69) is 38.2 Å². The molecule has 1 aromatic rings. The summed E-state index contributed by atoms with van der Waals surface area (Å²) in [7, 11) is 0. The van der Waals surface area contributed by atoms with E-state index in [4.69, 9.17) is 0 Å². The van der Waals surface area contributed by atoms with E-state index < -0.39 is 9.85 Å². The van der Waals surface area contributed by atoms with Crippen LogP contribution in [0.15, 0.2) is 23.3 Å². The Hall–Kier alpha value is -2.51. The van der Waals surface area contributed by atoms with Crippen molar-refractivity contribution in [1.82, 2.24) is 0 Å². The Bertz CT molecular complexity index is 745. The zero-order valence-electron chi connectivity index (χ0n) is 16.4. The lowest BCUT2D eigenvalue weighted by molar-refractivity contribution is -0.393. The fraction of sp³-hybridized carbons (Fsp3) is 0.632. The number of nitro groups is 2. The first-order chi connectivity index (χ1) is 12.7. The summed E-state index contributed by atoms with van der Waals surface area (Å²) in [6.45, 7) is 9.00. The van der Waals surface area contributed by atoms with Crippen molar-refractivity contribution < 1.29 is 9.85 Å². The highest BCUT2D eigenvalue weighted by atomic mass is 16.6. The molecule has 1 saturated carbocycles. The van der Waals surface area contributed by atoms with Gasteiger partial charge in [0, 0.05) is 11.8 Å². The molecular weight excluding hydrogens is 348 g/mol. The highest BCUT2D eigenvalue weighted by Gasteiger charge is 2.34. The topological polar surface area (TPSA) is 111 Å². The van der Waals surface area contributed by atoms with Crippen molar-refractivity contribution in [2.75, 3.05) is 5.43 Å². The molecule has 8 nitrogen and oxygen atoms in total. The van der Waals surface area contributed by atoms with Crippen LogP contribution in [0.2, 0.25) is 0 Å². The maximum Gasteiger partial charge on any atom is 0.301 e. The SMILES string of the molecule is CCCC(C)(C)[C@@H]1CC/C(=N\Nc2ccc([N+](=O)[O-])cc2[N+](=O)[O-])[C@H](C)C1. The Labute approximate surface area is 159 Å². The third-order valence-corrected chi connectivity index (χ3v) is 5.66. The van der Waals surface area contributed by atoms with Gasteiger partial charge in [0.1, 0.15) is 5.69 Å². The Morgan fingerprint density at radius 2 is 1.96 bits per heavy atom. The van der Waals surface area contributed by atoms with Gasteiger partial charge in [-0.2, -0.15) is 5.10 Å². The second-order valence-corrected chi connectivity index (χ2v) is 8.04. The Balaban J connectivity index is 2.13. The smallest absolute Gasteiger partial charge is 0.272 e. The number of benzene rings is 1. The van der Waals surface area contributed by atoms with Gasteiger partial charge >= 0.3 is 5.69 Å². The average molecular weight is 376 g/mol. The molecule has 27 heavy (non-hydrogen) atoms. The molecule has 148 valence electrons. The van der Waals surface area contributed by atoms with Gasteiger partial charge in [-0.3, -0.25) is 25.7 Å². The fourth-order valence-corrected chi connectivity index (χ4v) is 3.98. The second kappa shape index (κ2) is 8.45. The number of hydrazone groups is 1. The summed E-state index contributed by atoms with van der Waals surface area (Å²) < 4.78 is 0. The lowest BCUT2D eigenvalue weighted by atomic mass is 9.66. The minimum absolute atomic E-state index is 0.165. The molecule has 2 atom stereocenters. The molecule has 0 amide bonds. The van der Waals surface area contributed by atoms with Crippen LogP contribution < -0.4 is 5.43 Å². The molecule has 0 radical (unpaired) electrons. The van der Waals surface area contributed by atoms with Gasteiger partial charge in [-0.15, -0.1) is 0 Å². The molecular formula is C19H28N4O4. The molecule has 8 heteroatoms. The quantitative estimate of drug-likeness (QED) is 0.496. The molecule has 0 heterocycles. The van der Waals surface area contributed by atoms with Gasteiger partial charge < -0.3 is 0 Å². The van der Waals surface area contributed by atoms with Crippen molar-refractivity contribution in [2.24, 2.45) is 22.4 Å². The van der Waals surface area contributed by atoms with Crippen molar-refractivity contribution in [1.29, 1.82) is 0 Å². The van der Waals surface area contributed by atoms with E-state index in [0.29, 0.717) is 17.3 Å². The fourth-order valence-electron chi connectivity index (χ4n) is 3.98. The van der Waals surface area contributed by atoms with Crippen LogP contribution in [0.5, 0.6) is 0 Å². The standard InChI is InChI=1S/C19H28N4O4/c1-5-10-19(3,4)14-6-8-16(13(2)11-14)20-21-17-9-7-15(22(24)25)12-18(17)23(26)27/h7,9,12-14,21H,5-6,8,10-11H2,1-4H3/b20-16+/t13-,14-/m1/s1. The number of anilines is 1.